The third-order valence-corrected chi connectivity index (χ3v) is 3.11. The molecule has 2 nitrogen and oxygen atoms in total. The van der Waals surface area contributed by atoms with Gasteiger partial charge in [0.05, 0.1) is 11.0 Å². The zero-order valence-electron chi connectivity index (χ0n) is 9.39. The van der Waals surface area contributed by atoms with Crippen molar-refractivity contribution in [1.82, 2.24) is 9.55 Å². The molecule has 0 saturated carbocycles. The molecule has 0 amide bonds. The molecule has 0 unspecified atom stereocenters. The Kier molecular flexibility index (Phi) is 2.37. The number of aromatic nitrogens is 2. The highest BCUT2D eigenvalue weighted by molar-refractivity contribution is 6.31. The minimum Gasteiger partial charge on any atom is -0.327 e. The molecule has 0 aliphatic heterocycles. The summed E-state index contributed by atoms with van der Waals surface area (Å²) in [5.74, 6) is 0.961. The first kappa shape index (κ1) is 10.4. The Hall–Kier alpha value is -1.80. The largest absolute Gasteiger partial charge is 0.327 e. The zero-order chi connectivity index (χ0) is 11.8. The van der Waals surface area contributed by atoms with Crippen molar-refractivity contribution >= 4 is 22.6 Å². The second kappa shape index (κ2) is 3.90. The topological polar surface area (TPSA) is 17.8 Å². The number of halogens is 1. The van der Waals surface area contributed by atoms with Crippen LogP contribution in [0.3, 0.4) is 0 Å². The number of nitrogens with zero attached hydrogens (tertiary/aromatic N) is 2. The summed E-state index contributed by atoms with van der Waals surface area (Å²) in [4.78, 5) is 4.62. The summed E-state index contributed by atoms with van der Waals surface area (Å²) in [5.41, 5.74) is 3.13. The fourth-order valence-corrected chi connectivity index (χ4v) is 2.18. The molecule has 84 valence electrons. The summed E-state index contributed by atoms with van der Waals surface area (Å²) in [6, 6.07) is 15.9. The first-order valence-electron chi connectivity index (χ1n) is 5.43. The first-order valence-corrected chi connectivity index (χ1v) is 5.81. The van der Waals surface area contributed by atoms with E-state index in [4.69, 9.17) is 11.6 Å². The predicted octanol–water partition coefficient (Wildman–Crippen LogP) is 3.89. The summed E-state index contributed by atoms with van der Waals surface area (Å²) in [5, 5.41) is 0.718. The molecule has 3 aromatic rings. The van der Waals surface area contributed by atoms with Gasteiger partial charge in [0.2, 0.25) is 0 Å². The van der Waals surface area contributed by atoms with Crippen molar-refractivity contribution in [2.24, 2.45) is 7.05 Å². The number of imidazole rings is 1. The highest BCUT2D eigenvalue weighted by atomic mass is 35.5. The smallest absolute Gasteiger partial charge is 0.140 e. The van der Waals surface area contributed by atoms with E-state index >= 15 is 0 Å². The molecule has 0 saturated heterocycles. The van der Waals surface area contributed by atoms with Crippen LogP contribution in [0, 0.1) is 0 Å². The molecule has 0 radical (unpaired) electrons. The first-order chi connectivity index (χ1) is 8.25. The molecule has 0 atom stereocenters. The fourth-order valence-electron chi connectivity index (χ4n) is 2.02. The van der Waals surface area contributed by atoms with Crippen LogP contribution in [0.15, 0.2) is 48.5 Å². The Morgan fingerprint density at radius 3 is 2.59 bits per heavy atom. The lowest BCUT2D eigenvalue weighted by Gasteiger charge is -2.01. The third-order valence-electron chi connectivity index (χ3n) is 2.87. The van der Waals surface area contributed by atoms with E-state index in [-0.39, 0.29) is 0 Å². The Morgan fingerprint density at radius 1 is 1.06 bits per heavy atom. The number of benzene rings is 2. The minimum atomic E-state index is 0.718. The molecule has 0 N–H and O–H groups in total. The fraction of sp³-hybridized carbons (Fsp3) is 0.0714. The monoisotopic (exact) mass is 242 g/mol. The van der Waals surface area contributed by atoms with Gasteiger partial charge in [0, 0.05) is 17.6 Å². The second-order valence-corrected chi connectivity index (χ2v) is 4.43. The van der Waals surface area contributed by atoms with Crippen molar-refractivity contribution in [3.63, 3.8) is 0 Å². The van der Waals surface area contributed by atoms with Crippen LogP contribution in [0.5, 0.6) is 0 Å². The molecule has 0 aliphatic rings. The molecular weight excluding hydrogens is 232 g/mol. The van der Waals surface area contributed by atoms with Crippen molar-refractivity contribution in [3.8, 4) is 11.4 Å². The zero-order valence-corrected chi connectivity index (χ0v) is 10.1. The molecule has 1 heterocycles. The van der Waals surface area contributed by atoms with Gasteiger partial charge in [-0.3, -0.25) is 0 Å². The molecular formula is C14H11ClN2. The predicted molar refractivity (Wildman–Crippen MR) is 71.2 cm³/mol. The molecule has 3 rings (SSSR count). The maximum absolute atomic E-state index is 5.98. The van der Waals surface area contributed by atoms with Gasteiger partial charge in [-0.05, 0) is 18.2 Å². The molecule has 17 heavy (non-hydrogen) atoms. The molecule has 3 heteroatoms. The van der Waals surface area contributed by atoms with Gasteiger partial charge in [-0.25, -0.2) is 4.98 Å². The third kappa shape index (κ3) is 1.71. The summed E-state index contributed by atoms with van der Waals surface area (Å²) >= 11 is 5.98. The van der Waals surface area contributed by atoms with Crippen molar-refractivity contribution in [2.75, 3.05) is 0 Å². The quantitative estimate of drug-likeness (QED) is 0.633. The number of hydrogen-bond donors (Lipinski definition) is 0. The van der Waals surface area contributed by atoms with Crippen molar-refractivity contribution < 1.29 is 0 Å². The maximum atomic E-state index is 5.98. The van der Waals surface area contributed by atoms with Gasteiger partial charge in [-0.2, -0.15) is 0 Å². The second-order valence-electron chi connectivity index (χ2n) is 3.99. The standard InChI is InChI=1S/C14H11ClN2/c1-17-13-8-7-11(15)9-12(13)16-14(17)10-5-3-2-4-6-10/h2-9H,1H3. The van der Waals surface area contributed by atoms with Gasteiger partial charge in [0.25, 0.3) is 0 Å². The molecule has 1 aromatic heterocycles. The van der Waals surface area contributed by atoms with Crippen LogP contribution in [0.4, 0.5) is 0 Å². The van der Waals surface area contributed by atoms with E-state index in [0.717, 1.165) is 27.4 Å². The van der Waals surface area contributed by atoms with Crippen molar-refractivity contribution in [1.29, 1.82) is 0 Å². The maximum Gasteiger partial charge on any atom is 0.140 e. The molecule has 0 spiro atoms. The molecule has 0 aliphatic carbocycles. The van der Waals surface area contributed by atoms with E-state index in [9.17, 15) is 0 Å². The van der Waals surface area contributed by atoms with E-state index < -0.39 is 0 Å². The van der Waals surface area contributed by atoms with Crippen molar-refractivity contribution in [2.45, 2.75) is 0 Å². The lowest BCUT2D eigenvalue weighted by molar-refractivity contribution is 0.959. The normalized spacial score (nSPS) is 10.9. The average Bonchev–Trinajstić information content (AvgIpc) is 2.67. The van der Waals surface area contributed by atoms with Crippen molar-refractivity contribution in [3.05, 3.63) is 53.6 Å². The van der Waals surface area contributed by atoms with Crippen LogP contribution < -0.4 is 0 Å². The summed E-state index contributed by atoms with van der Waals surface area (Å²) in [7, 11) is 2.02. The summed E-state index contributed by atoms with van der Waals surface area (Å²) < 4.78 is 2.08. The Labute approximate surface area is 104 Å². The molecule has 0 fully saturated rings. The Bertz CT molecular complexity index is 671. The van der Waals surface area contributed by atoms with Gasteiger partial charge in [0.15, 0.2) is 0 Å². The number of aryl methyl sites for hydroxylation is 1. The number of fused-ring (bicyclic) bond motifs is 1. The summed E-state index contributed by atoms with van der Waals surface area (Å²) in [6.07, 6.45) is 0. The Morgan fingerprint density at radius 2 is 1.82 bits per heavy atom. The van der Waals surface area contributed by atoms with E-state index in [1.165, 1.54) is 0 Å². The van der Waals surface area contributed by atoms with Gasteiger partial charge < -0.3 is 4.57 Å². The van der Waals surface area contributed by atoms with Crippen LogP contribution in [0.1, 0.15) is 0 Å². The van der Waals surface area contributed by atoms with Crippen LogP contribution in [0.25, 0.3) is 22.4 Å². The lowest BCUT2D eigenvalue weighted by Crippen LogP contribution is -1.91. The SMILES string of the molecule is Cn1c(-c2ccccc2)nc2cc(Cl)ccc21. The van der Waals surface area contributed by atoms with Crippen LogP contribution in [-0.4, -0.2) is 9.55 Å². The van der Waals surface area contributed by atoms with Gasteiger partial charge in [-0.15, -0.1) is 0 Å². The lowest BCUT2D eigenvalue weighted by atomic mass is 10.2. The Balaban J connectivity index is 2.28. The number of rotatable bonds is 1. The van der Waals surface area contributed by atoms with Gasteiger partial charge in [0.1, 0.15) is 5.82 Å². The number of hydrogen-bond acceptors (Lipinski definition) is 1. The highest BCUT2D eigenvalue weighted by Gasteiger charge is 2.09. The average molecular weight is 243 g/mol. The minimum absolute atomic E-state index is 0.718. The van der Waals surface area contributed by atoms with Gasteiger partial charge in [-0.1, -0.05) is 41.9 Å². The van der Waals surface area contributed by atoms with E-state index in [1.54, 1.807) is 0 Å². The molecule has 2 aromatic carbocycles. The van der Waals surface area contributed by atoms with Crippen LogP contribution >= 0.6 is 11.6 Å². The van der Waals surface area contributed by atoms with Gasteiger partial charge >= 0.3 is 0 Å². The van der Waals surface area contributed by atoms with E-state index in [1.807, 2.05) is 43.4 Å². The van der Waals surface area contributed by atoms with E-state index in [2.05, 4.69) is 21.7 Å². The van der Waals surface area contributed by atoms with E-state index in [0.29, 0.717) is 0 Å². The summed E-state index contributed by atoms with van der Waals surface area (Å²) in [6.45, 7) is 0. The van der Waals surface area contributed by atoms with Crippen LogP contribution in [-0.2, 0) is 7.05 Å². The molecule has 0 bridgehead atoms. The highest BCUT2D eigenvalue weighted by Crippen LogP contribution is 2.25. The van der Waals surface area contributed by atoms with Crippen LogP contribution in [0.2, 0.25) is 5.02 Å².